The first kappa shape index (κ1) is 16.1. The minimum absolute atomic E-state index is 0.00771. The topological polar surface area (TPSA) is 55.9 Å². The van der Waals surface area contributed by atoms with E-state index in [0.29, 0.717) is 32.1 Å². The van der Waals surface area contributed by atoms with Gasteiger partial charge in [-0.1, -0.05) is 6.92 Å². The summed E-state index contributed by atoms with van der Waals surface area (Å²) in [5.41, 5.74) is 0. The van der Waals surface area contributed by atoms with Gasteiger partial charge in [-0.15, -0.1) is 0 Å². The third-order valence-corrected chi connectivity index (χ3v) is 4.36. The Hall–Kier alpha value is -1.30. The summed E-state index contributed by atoms with van der Waals surface area (Å²) in [5, 5.41) is 2.82. The van der Waals surface area contributed by atoms with E-state index >= 15 is 0 Å². The minimum Gasteiger partial charge on any atom is -0.341 e. The Morgan fingerprint density at radius 1 is 1.10 bits per heavy atom. The molecule has 0 radical (unpaired) electrons. The van der Waals surface area contributed by atoms with E-state index in [1.165, 1.54) is 6.42 Å². The van der Waals surface area contributed by atoms with E-state index in [4.69, 9.17) is 0 Å². The number of nitrogens with one attached hydrogen (secondary N) is 1. The molecule has 6 heteroatoms. The van der Waals surface area contributed by atoms with Gasteiger partial charge in [0.1, 0.15) is 0 Å². The van der Waals surface area contributed by atoms with Crippen molar-refractivity contribution in [2.24, 2.45) is 5.92 Å². The summed E-state index contributed by atoms with van der Waals surface area (Å²) in [7, 11) is 0. The van der Waals surface area contributed by atoms with Crippen LogP contribution in [0.25, 0.3) is 0 Å². The van der Waals surface area contributed by atoms with Gasteiger partial charge in [0.05, 0.1) is 6.54 Å². The van der Waals surface area contributed by atoms with Gasteiger partial charge in [-0.3, -0.25) is 9.69 Å². The number of likely N-dealkylation sites (tertiary alicyclic amines) is 1. The van der Waals surface area contributed by atoms with Crippen LogP contribution < -0.4 is 5.32 Å². The first-order valence-electron chi connectivity index (χ1n) is 8.13. The number of hydrogen-bond acceptors (Lipinski definition) is 3. The van der Waals surface area contributed by atoms with Gasteiger partial charge >= 0.3 is 6.03 Å². The third-order valence-electron chi connectivity index (χ3n) is 4.36. The first-order valence-corrected chi connectivity index (χ1v) is 8.13. The maximum absolute atomic E-state index is 12.3. The van der Waals surface area contributed by atoms with Crippen molar-refractivity contribution in [1.82, 2.24) is 20.0 Å². The minimum atomic E-state index is 0.00771. The summed E-state index contributed by atoms with van der Waals surface area (Å²) in [6.45, 7) is 10.1. The number of piperidine rings is 1. The molecule has 0 bridgehead atoms. The van der Waals surface area contributed by atoms with Crippen molar-refractivity contribution in [3.8, 4) is 0 Å². The molecule has 0 aromatic rings. The van der Waals surface area contributed by atoms with Crippen LogP contribution in [0.3, 0.4) is 0 Å². The van der Waals surface area contributed by atoms with Crippen LogP contribution in [0.5, 0.6) is 0 Å². The normalized spacial score (nSPS) is 24.0. The van der Waals surface area contributed by atoms with E-state index in [-0.39, 0.29) is 11.9 Å². The highest BCUT2D eigenvalue weighted by Gasteiger charge is 2.25. The zero-order valence-corrected chi connectivity index (χ0v) is 13.3. The summed E-state index contributed by atoms with van der Waals surface area (Å²) in [5.74, 6) is 0.866. The molecule has 2 rings (SSSR count). The summed E-state index contributed by atoms with van der Waals surface area (Å²) >= 11 is 0. The van der Waals surface area contributed by atoms with Crippen LogP contribution in [0.2, 0.25) is 0 Å². The molecule has 2 heterocycles. The maximum atomic E-state index is 12.3. The Morgan fingerprint density at radius 3 is 2.43 bits per heavy atom. The molecule has 2 saturated heterocycles. The van der Waals surface area contributed by atoms with Crippen LogP contribution in [-0.2, 0) is 4.79 Å². The number of carbonyl (C=O) groups excluding carboxylic acids is 2. The van der Waals surface area contributed by atoms with E-state index in [0.717, 1.165) is 32.6 Å². The molecule has 2 aliphatic heterocycles. The van der Waals surface area contributed by atoms with Crippen molar-refractivity contribution >= 4 is 11.9 Å². The Balaban J connectivity index is 1.73. The van der Waals surface area contributed by atoms with Gasteiger partial charge < -0.3 is 15.1 Å². The number of piperazine rings is 1. The van der Waals surface area contributed by atoms with Crippen molar-refractivity contribution in [3.63, 3.8) is 0 Å². The molecule has 1 unspecified atom stereocenters. The summed E-state index contributed by atoms with van der Waals surface area (Å²) in [6, 6.07) is 0.00771. The van der Waals surface area contributed by atoms with Gasteiger partial charge in [0.25, 0.3) is 0 Å². The van der Waals surface area contributed by atoms with Gasteiger partial charge in [-0.2, -0.15) is 0 Å². The molecule has 6 nitrogen and oxygen atoms in total. The molecular formula is C15H28N4O2. The molecule has 0 aromatic heterocycles. The molecule has 120 valence electrons. The second-order valence-electron chi connectivity index (χ2n) is 6.19. The van der Waals surface area contributed by atoms with Crippen LogP contribution >= 0.6 is 0 Å². The highest BCUT2D eigenvalue weighted by molar-refractivity contribution is 5.78. The smallest absolute Gasteiger partial charge is 0.317 e. The number of rotatable bonds is 3. The van der Waals surface area contributed by atoms with E-state index < -0.39 is 0 Å². The molecule has 21 heavy (non-hydrogen) atoms. The number of carbonyl (C=O) groups is 2. The summed E-state index contributed by atoms with van der Waals surface area (Å²) in [4.78, 5) is 30.0. The van der Waals surface area contributed by atoms with Crippen molar-refractivity contribution in [2.75, 3.05) is 52.4 Å². The van der Waals surface area contributed by atoms with E-state index in [1.54, 1.807) is 0 Å². The molecular weight excluding hydrogens is 268 g/mol. The van der Waals surface area contributed by atoms with Crippen LogP contribution in [0, 0.1) is 5.92 Å². The lowest BCUT2D eigenvalue weighted by atomic mass is 10.0. The number of nitrogens with zero attached hydrogens (tertiary/aromatic N) is 3. The Morgan fingerprint density at radius 2 is 1.81 bits per heavy atom. The lowest BCUT2D eigenvalue weighted by molar-refractivity contribution is -0.134. The van der Waals surface area contributed by atoms with Crippen LogP contribution in [0.4, 0.5) is 4.79 Å². The third kappa shape index (κ3) is 4.59. The average Bonchev–Trinajstić information content (AvgIpc) is 2.48. The molecule has 2 aliphatic rings. The fourth-order valence-electron chi connectivity index (χ4n) is 3.08. The van der Waals surface area contributed by atoms with E-state index in [1.807, 2.05) is 16.7 Å². The zero-order chi connectivity index (χ0) is 15.2. The Kier molecular flexibility index (Phi) is 5.85. The van der Waals surface area contributed by atoms with Crippen LogP contribution in [0.15, 0.2) is 0 Å². The van der Waals surface area contributed by atoms with E-state index in [9.17, 15) is 9.59 Å². The molecule has 3 amide bonds. The monoisotopic (exact) mass is 296 g/mol. The number of amides is 3. The predicted molar refractivity (Wildman–Crippen MR) is 82.1 cm³/mol. The van der Waals surface area contributed by atoms with Gasteiger partial charge in [-0.05, 0) is 25.7 Å². The molecule has 1 atom stereocenters. The van der Waals surface area contributed by atoms with Gasteiger partial charge in [0, 0.05) is 45.8 Å². The van der Waals surface area contributed by atoms with Gasteiger partial charge in [-0.25, -0.2) is 4.79 Å². The van der Waals surface area contributed by atoms with Gasteiger partial charge in [0.15, 0.2) is 0 Å². The molecule has 2 fully saturated rings. The molecule has 0 aromatic carbocycles. The fraction of sp³-hybridized carbons (Fsp3) is 0.867. The second-order valence-corrected chi connectivity index (χ2v) is 6.19. The number of hydrogen-bond donors (Lipinski definition) is 1. The first-order chi connectivity index (χ1) is 10.1. The van der Waals surface area contributed by atoms with E-state index in [2.05, 4.69) is 17.1 Å². The predicted octanol–water partition coefficient (Wildman–Crippen LogP) is 0.592. The molecule has 0 aliphatic carbocycles. The fourth-order valence-corrected chi connectivity index (χ4v) is 3.08. The number of urea groups is 1. The van der Waals surface area contributed by atoms with Crippen molar-refractivity contribution < 1.29 is 9.59 Å². The maximum Gasteiger partial charge on any atom is 0.317 e. The lowest BCUT2D eigenvalue weighted by Gasteiger charge is -2.36. The summed E-state index contributed by atoms with van der Waals surface area (Å²) in [6.07, 6.45) is 2.35. The van der Waals surface area contributed by atoms with Crippen LogP contribution in [-0.4, -0.2) is 79.0 Å². The highest BCUT2D eigenvalue weighted by atomic mass is 16.2. The molecule has 0 spiro atoms. The van der Waals surface area contributed by atoms with Crippen LogP contribution in [0.1, 0.15) is 26.7 Å². The standard InChI is InChI=1S/C15H28N4O2/c1-3-16-15(21)18-9-7-17(8-10-18)12-14(20)19-6-4-5-13(2)11-19/h13H,3-12H2,1-2H3,(H,16,21). The van der Waals surface area contributed by atoms with Crippen molar-refractivity contribution in [2.45, 2.75) is 26.7 Å². The quantitative estimate of drug-likeness (QED) is 0.829. The van der Waals surface area contributed by atoms with Crippen molar-refractivity contribution in [3.05, 3.63) is 0 Å². The lowest BCUT2D eigenvalue weighted by Crippen LogP contribution is -2.54. The Labute approximate surface area is 127 Å². The van der Waals surface area contributed by atoms with Crippen molar-refractivity contribution in [1.29, 1.82) is 0 Å². The second kappa shape index (κ2) is 7.64. The Bertz CT molecular complexity index is 367. The average molecular weight is 296 g/mol. The summed E-state index contributed by atoms with van der Waals surface area (Å²) < 4.78 is 0. The van der Waals surface area contributed by atoms with Gasteiger partial charge in [0.2, 0.25) is 5.91 Å². The molecule has 0 saturated carbocycles. The highest BCUT2D eigenvalue weighted by Crippen LogP contribution is 2.15. The SMILES string of the molecule is CCNC(=O)N1CCN(CC(=O)N2CCCC(C)C2)CC1. The molecule has 1 N–H and O–H groups in total. The zero-order valence-electron chi connectivity index (χ0n) is 13.3. The largest absolute Gasteiger partial charge is 0.341 e.